The van der Waals surface area contributed by atoms with Gasteiger partial charge in [-0.1, -0.05) is 51.4 Å². The van der Waals surface area contributed by atoms with Crippen molar-refractivity contribution in [2.24, 2.45) is 0 Å². The minimum Gasteiger partial charge on any atom is -0.481 e. The van der Waals surface area contributed by atoms with Crippen molar-refractivity contribution < 1.29 is 43.2 Å². The number of rotatable bonds is 29. The largest absolute Gasteiger partial charge is 0.481 e. The van der Waals surface area contributed by atoms with Crippen LogP contribution in [0.25, 0.3) is 0 Å². The molecule has 0 saturated heterocycles. The van der Waals surface area contributed by atoms with Gasteiger partial charge < -0.3 is 34.7 Å². The summed E-state index contributed by atoms with van der Waals surface area (Å²) in [6.45, 7) is 2.68. The van der Waals surface area contributed by atoms with E-state index in [2.05, 4.69) is 10.6 Å². The Labute approximate surface area is 221 Å². The molecule has 0 aliphatic rings. The van der Waals surface area contributed by atoms with Crippen molar-refractivity contribution in [2.45, 2.75) is 77.0 Å². The molecule has 0 aromatic rings. The highest BCUT2D eigenvalue weighted by molar-refractivity contribution is 5.77. The van der Waals surface area contributed by atoms with Crippen LogP contribution in [0.15, 0.2) is 0 Å². The lowest BCUT2D eigenvalue weighted by atomic mass is 10.1. The van der Waals surface area contributed by atoms with E-state index in [0.29, 0.717) is 52.5 Å². The molecule has 37 heavy (non-hydrogen) atoms. The zero-order valence-corrected chi connectivity index (χ0v) is 22.3. The quantitative estimate of drug-likeness (QED) is 0.123. The second-order valence-electron chi connectivity index (χ2n) is 8.60. The maximum absolute atomic E-state index is 11.8. The molecule has 0 bridgehead atoms. The zero-order valence-electron chi connectivity index (χ0n) is 22.3. The van der Waals surface area contributed by atoms with Gasteiger partial charge in [-0.3, -0.25) is 19.2 Å². The fourth-order valence-electron chi connectivity index (χ4n) is 3.36. The molecule has 3 N–H and O–H groups in total. The second kappa shape index (κ2) is 28.5. The third-order valence-corrected chi connectivity index (χ3v) is 5.32. The Bertz CT molecular complexity index is 576. The average Bonchev–Trinajstić information content (AvgIpc) is 2.87. The van der Waals surface area contributed by atoms with Gasteiger partial charge in [0.1, 0.15) is 13.2 Å². The Morgan fingerprint density at radius 3 is 1.57 bits per heavy atom. The van der Waals surface area contributed by atoms with Crippen LogP contribution in [0, 0.1) is 0 Å². The number of carbonyl (C=O) groups is 3. The highest BCUT2D eigenvalue weighted by atomic mass is 16.5. The fourth-order valence-corrected chi connectivity index (χ4v) is 3.36. The summed E-state index contributed by atoms with van der Waals surface area (Å²) in [6, 6.07) is 0. The Morgan fingerprint density at radius 2 is 1.03 bits per heavy atom. The van der Waals surface area contributed by atoms with Gasteiger partial charge in [0.25, 0.3) is 0 Å². The Morgan fingerprint density at radius 1 is 0.568 bits per heavy atom. The van der Waals surface area contributed by atoms with Crippen LogP contribution in [0.3, 0.4) is 0 Å². The molecule has 0 atom stereocenters. The van der Waals surface area contributed by atoms with Gasteiger partial charge in [-0.05, 0) is 12.8 Å². The number of nitrogens with one attached hydrogen (secondary N) is 2. The van der Waals surface area contributed by atoms with Gasteiger partial charge in [-0.25, -0.2) is 0 Å². The molecule has 0 aliphatic heterocycles. The predicted octanol–water partition coefficient (Wildman–Crippen LogP) is 2.16. The van der Waals surface area contributed by atoms with E-state index in [9.17, 15) is 19.2 Å². The predicted molar refractivity (Wildman–Crippen MR) is 138 cm³/mol. The van der Waals surface area contributed by atoms with Gasteiger partial charge in [-0.15, -0.1) is 0 Å². The molecule has 11 heteroatoms. The molecule has 11 nitrogen and oxygen atoms in total. The molecule has 1 radical (unpaired) electrons. The van der Waals surface area contributed by atoms with E-state index >= 15 is 0 Å². The first-order valence-corrected chi connectivity index (χ1v) is 13.5. The number of ether oxygens (including phenoxy) is 4. The van der Waals surface area contributed by atoms with E-state index in [-0.39, 0.29) is 38.1 Å². The summed E-state index contributed by atoms with van der Waals surface area (Å²) in [5.74, 6) is -0.916. The smallest absolute Gasteiger partial charge is 0.303 e. The summed E-state index contributed by atoms with van der Waals surface area (Å²) in [6.07, 6.45) is 13.1. The van der Waals surface area contributed by atoms with Crippen LogP contribution in [0.4, 0.5) is 0 Å². The first kappa shape index (κ1) is 34.9. The van der Waals surface area contributed by atoms with Crippen LogP contribution in [-0.4, -0.2) is 95.1 Å². The number of unbranched alkanes of at least 4 members (excludes halogenated alkanes) is 9. The number of carbonyl (C=O) groups excluding carboxylic acids is 3. The van der Waals surface area contributed by atoms with Crippen molar-refractivity contribution >= 4 is 24.1 Å². The first-order chi connectivity index (χ1) is 18.1. The van der Waals surface area contributed by atoms with Crippen LogP contribution >= 0.6 is 0 Å². The summed E-state index contributed by atoms with van der Waals surface area (Å²) in [4.78, 5) is 43.8. The summed E-state index contributed by atoms with van der Waals surface area (Å²) in [5, 5.41) is 14.1. The van der Waals surface area contributed by atoms with Gasteiger partial charge in [-0.2, -0.15) is 0 Å². The number of amides is 2. The molecule has 2 amide bonds. The van der Waals surface area contributed by atoms with Crippen molar-refractivity contribution in [1.29, 1.82) is 0 Å². The Hall–Kier alpha value is -2.08. The summed E-state index contributed by atoms with van der Waals surface area (Å²) in [5.41, 5.74) is 0. The second-order valence-corrected chi connectivity index (χ2v) is 8.60. The normalized spacial score (nSPS) is 10.8. The van der Waals surface area contributed by atoms with Crippen LogP contribution in [0.5, 0.6) is 0 Å². The highest BCUT2D eigenvalue weighted by Gasteiger charge is 2.03. The first-order valence-electron chi connectivity index (χ1n) is 13.5. The molecule has 215 valence electrons. The molecule has 0 aliphatic carbocycles. The lowest BCUT2D eigenvalue weighted by Gasteiger charge is -2.08. The van der Waals surface area contributed by atoms with Crippen LogP contribution in [-0.2, 0) is 38.1 Å². The van der Waals surface area contributed by atoms with E-state index in [1.807, 2.05) is 0 Å². The minimum absolute atomic E-state index is 0.0360. The molecule has 0 aromatic carbocycles. The van der Waals surface area contributed by atoms with E-state index in [0.717, 1.165) is 38.5 Å². The zero-order chi connectivity index (χ0) is 27.2. The van der Waals surface area contributed by atoms with Gasteiger partial charge in [0.2, 0.25) is 18.1 Å². The highest BCUT2D eigenvalue weighted by Crippen LogP contribution is 2.12. The van der Waals surface area contributed by atoms with E-state index < -0.39 is 5.97 Å². The molecule has 0 spiro atoms. The summed E-state index contributed by atoms with van der Waals surface area (Å²) in [7, 11) is 0. The molecule has 0 unspecified atom stereocenters. The van der Waals surface area contributed by atoms with Crippen LogP contribution < -0.4 is 10.6 Å². The average molecular weight is 532 g/mol. The maximum Gasteiger partial charge on any atom is 0.303 e. The Kier molecular flexibility index (Phi) is 26.9. The minimum atomic E-state index is -0.709. The van der Waals surface area contributed by atoms with Crippen molar-refractivity contribution in [3.05, 3.63) is 0 Å². The molecular formula is C26H47N2O9. The van der Waals surface area contributed by atoms with Gasteiger partial charge >= 0.3 is 5.97 Å². The van der Waals surface area contributed by atoms with Crippen molar-refractivity contribution in [3.8, 4) is 0 Å². The summed E-state index contributed by atoms with van der Waals surface area (Å²) < 4.78 is 20.7. The number of carboxylic acid groups (broad SMARTS) is 1. The van der Waals surface area contributed by atoms with Crippen molar-refractivity contribution in [2.75, 3.05) is 65.9 Å². The maximum atomic E-state index is 11.8. The molecule has 0 fully saturated rings. The lowest BCUT2D eigenvalue weighted by Crippen LogP contribution is -2.31. The monoisotopic (exact) mass is 531 g/mol. The molecule has 0 rings (SSSR count). The topological polar surface area (TPSA) is 149 Å². The van der Waals surface area contributed by atoms with Crippen LogP contribution in [0.2, 0.25) is 0 Å². The van der Waals surface area contributed by atoms with E-state index in [1.54, 1.807) is 6.29 Å². The number of aliphatic carboxylic acids is 1. The van der Waals surface area contributed by atoms with Crippen molar-refractivity contribution in [1.82, 2.24) is 10.6 Å². The van der Waals surface area contributed by atoms with Gasteiger partial charge in [0, 0.05) is 25.9 Å². The van der Waals surface area contributed by atoms with Gasteiger partial charge in [0.15, 0.2) is 0 Å². The van der Waals surface area contributed by atoms with Crippen molar-refractivity contribution in [3.63, 3.8) is 0 Å². The molecule has 0 aromatic heterocycles. The molecule has 0 saturated carbocycles. The third-order valence-electron chi connectivity index (χ3n) is 5.32. The summed E-state index contributed by atoms with van der Waals surface area (Å²) >= 11 is 0. The number of carboxylic acids is 1. The third kappa shape index (κ3) is 30.0. The number of hydrogen-bond donors (Lipinski definition) is 3. The SMILES string of the molecule is O=[C]COCCOCCNC(=O)COCCOCCNC(=O)CCCCCCCCCCCCC(=O)O. The van der Waals surface area contributed by atoms with E-state index in [1.165, 1.54) is 25.7 Å². The van der Waals surface area contributed by atoms with Crippen LogP contribution in [0.1, 0.15) is 77.0 Å². The molecular weight excluding hydrogens is 484 g/mol. The standard InChI is InChI=1S/C26H47N2O9/c29-15-18-36-20-19-34-17-14-28-25(31)23-37-22-21-35-16-13-27-24(30)11-9-7-5-3-1-2-4-6-8-10-12-26(32)33/h1-14,16-23H2,(H,27,30)(H,28,31)(H,32,33). The molecule has 0 heterocycles. The Balaban J connectivity index is 3.26. The van der Waals surface area contributed by atoms with Gasteiger partial charge in [0.05, 0.1) is 39.6 Å². The number of hydrogen-bond acceptors (Lipinski definition) is 8. The lowest BCUT2D eigenvalue weighted by molar-refractivity contribution is -0.137. The van der Waals surface area contributed by atoms with E-state index in [4.69, 9.17) is 24.1 Å². The fraction of sp³-hybridized carbons (Fsp3) is 0.846.